The maximum atomic E-state index is 5.47. The van der Waals surface area contributed by atoms with E-state index >= 15 is 0 Å². The van der Waals surface area contributed by atoms with E-state index < -0.39 is 0 Å². The second kappa shape index (κ2) is 5.19. The summed E-state index contributed by atoms with van der Waals surface area (Å²) >= 11 is 1.59. The summed E-state index contributed by atoms with van der Waals surface area (Å²) in [6.07, 6.45) is 1.75. The maximum Gasteiger partial charge on any atom is 0.264 e. The normalized spacial score (nSPS) is 10.6. The van der Waals surface area contributed by atoms with Crippen LogP contribution in [0.1, 0.15) is 11.5 Å². The highest BCUT2D eigenvalue weighted by Gasteiger charge is 2.09. The lowest BCUT2D eigenvalue weighted by Gasteiger charge is -2.01. The van der Waals surface area contributed by atoms with Gasteiger partial charge >= 0.3 is 0 Å². The summed E-state index contributed by atoms with van der Waals surface area (Å²) in [5.41, 5.74) is 2.04. The van der Waals surface area contributed by atoms with Crippen LogP contribution in [0.2, 0.25) is 0 Å². The molecule has 0 aliphatic heterocycles. The molecule has 0 amide bonds. The Morgan fingerprint density at radius 3 is 3.00 bits per heavy atom. The summed E-state index contributed by atoms with van der Waals surface area (Å²) in [6.45, 7) is 2.19. The number of hydrogen-bond acceptors (Lipinski definition) is 6. The standard InChI is InChI=1S/C13H11N3O2S/c1-9-2-3-11(14-6-9)17-7-12-15-13(16-18-12)10-4-5-19-8-10/h2-6,8H,7H2,1H3. The Morgan fingerprint density at radius 1 is 1.32 bits per heavy atom. The van der Waals surface area contributed by atoms with Crippen LogP contribution in [0.15, 0.2) is 39.7 Å². The Morgan fingerprint density at radius 2 is 2.26 bits per heavy atom. The summed E-state index contributed by atoms with van der Waals surface area (Å²) in [7, 11) is 0. The van der Waals surface area contributed by atoms with E-state index in [0.29, 0.717) is 17.6 Å². The molecule has 0 aliphatic carbocycles. The minimum atomic E-state index is 0.215. The molecular formula is C13H11N3O2S. The van der Waals surface area contributed by atoms with Gasteiger partial charge in [-0.05, 0) is 23.9 Å². The van der Waals surface area contributed by atoms with Gasteiger partial charge in [0.1, 0.15) is 0 Å². The third-order valence-corrected chi connectivity index (χ3v) is 3.16. The van der Waals surface area contributed by atoms with Crippen LogP contribution in [0.25, 0.3) is 11.4 Å². The first-order valence-electron chi connectivity index (χ1n) is 5.72. The number of hydrogen-bond donors (Lipinski definition) is 0. The van der Waals surface area contributed by atoms with Gasteiger partial charge in [0.05, 0.1) is 0 Å². The van der Waals surface area contributed by atoms with E-state index in [1.807, 2.05) is 35.9 Å². The van der Waals surface area contributed by atoms with Crippen LogP contribution in [0.4, 0.5) is 0 Å². The van der Waals surface area contributed by atoms with Gasteiger partial charge in [0, 0.05) is 23.2 Å². The molecule has 0 saturated heterocycles. The van der Waals surface area contributed by atoms with Crippen molar-refractivity contribution < 1.29 is 9.26 Å². The molecule has 0 bridgehead atoms. The van der Waals surface area contributed by atoms with Crippen molar-refractivity contribution in [3.8, 4) is 17.3 Å². The van der Waals surface area contributed by atoms with Crippen LogP contribution >= 0.6 is 11.3 Å². The van der Waals surface area contributed by atoms with E-state index in [9.17, 15) is 0 Å². The predicted molar refractivity (Wildman–Crippen MR) is 70.9 cm³/mol. The molecule has 3 aromatic heterocycles. The summed E-state index contributed by atoms with van der Waals surface area (Å²) < 4.78 is 10.6. The average molecular weight is 273 g/mol. The van der Waals surface area contributed by atoms with Gasteiger partial charge in [0.2, 0.25) is 11.7 Å². The Bertz CT molecular complexity index is 647. The molecule has 0 aliphatic rings. The number of nitrogens with zero attached hydrogens (tertiary/aromatic N) is 3. The Balaban J connectivity index is 1.66. The van der Waals surface area contributed by atoms with Crippen LogP contribution in [-0.4, -0.2) is 15.1 Å². The van der Waals surface area contributed by atoms with Gasteiger partial charge in [0.15, 0.2) is 6.61 Å². The molecule has 0 aromatic carbocycles. The molecule has 0 saturated carbocycles. The summed E-state index contributed by atoms with van der Waals surface area (Å²) in [6, 6.07) is 5.69. The molecule has 5 nitrogen and oxygen atoms in total. The van der Waals surface area contributed by atoms with Crippen LogP contribution in [0.5, 0.6) is 5.88 Å². The fraction of sp³-hybridized carbons (Fsp3) is 0.154. The molecule has 0 spiro atoms. The Kier molecular flexibility index (Phi) is 3.24. The SMILES string of the molecule is Cc1ccc(OCc2nc(-c3ccsc3)no2)nc1. The summed E-state index contributed by atoms with van der Waals surface area (Å²) in [5, 5.41) is 7.84. The maximum absolute atomic E-state index is 5.47. The molecular weight excluding hydrogens is 262 g/mol. The number of pyridine rings is 1. The van der Waals surface area contributed by atoms with Crippen molar-refractivity contribution in [2.45, 2.75) is 13.5 Å². The van der Waals surface area contributed by atoms with Crippen molar-refractivity contribution >= 4 is 11.3 Å². The topological polar surface area (TPSA) is 61.0 Å². The highest BCUT2D eigenvalue weighted by atomic mass is 32.1. The lowest BCUT2D eigenvalue weighted by atomic mass is 10.3. The van der Waals surface area contributed by atoms with Crippen LogP contribution in [0, 0.1) is 6.92 Å². The average Bonchev–Trinajstić information content (AvgIpc) is 3.09. The molecule has 0 radical (unpaired) electrons. The zero-order valence-corrected chi connectivity index (χ0v) is 11.1. The fourth-order valence-corrected chi connectivity index (χ4v) is 2.13. The molecule has 3 heterocycles. The zero-order valence-electron chi connectivity index (χ0n) is 10.2. The largest absolute Gasteiger partial charge is 0.468 e. The monoisotopic (exact) mass is 273 g/mol. The Labute approximate surface area is 113 Å². The van der Waals surface area contributed by atoms with Crippen LogP contribution < -0.4 is 4.74 Å². The van der Waals surface area contributed by atoms with E-state index in [1.54, 1.807) is 17.5 Å². The van der Waals surface area contributed by atoms with Gasteiger partial charge in [-0.2, -0.15) is 16.3 Å². The van der Waals surface area contributed by atoms with Crippen molar-refractivity contribution in [2.24, 2.45) is 0 Å². The molecule has 3 aromatic rings. The van der Waals surface area contributed by atoms with Crippen molar-refractivity contribution in [2.75, 3.05) is 0 Å². The van der Waals surface area contributed by atoms with E-state index in [4.69, 9.17) is 9.26 Å². The molecule has 0 atom stereocenters. The molecule has 0 unspecified atom stereocenters. The van der Waals surface area contributed by atoms with Gasteiger partial charge in [-0.1, -0.05) is 11.2 Å². The van der Waals surface area contributed by atoms with Gasteiger partial charge in [-0.3, -0.25) is 0 Å². The van der Waals surface area contributed by atoms with Crippen molar-refractivity contribution in [3.63, 3.8) is 0 Å². The van der Waals surface area contributed by atoms with E-state index in [-0.39, 0.29) is 6.61 Å². The Hall–Kier alpha value is -2.21. The molecule has 6 heteroatoms. The summed E-state index contributed by atoms with van der Waals surface area (Å²) in [4.78, 5) is 8.40. The predicted octanol–water partition coefficient (Wildman–Crippen LogP) is 3.08. The number of aryl methyl sites for hydroxylation is 1. The first-order valence-corrected chi connectivity index (χ1v) is 6.66. The van der Waals surface area contributed by atoms with Crippen molar-refractivity contribution in [1.29, 1.82) is 0 Å². The lowest BCUT2D eigenvalue weighted by molar-refractivity contribution is 0.235. The molecule has 0 fully saturated rings. The second-order valence-corrected chi connectivity index (χ2v) is 4.77. The van der Waals surface area contributed by atoms with Gasteiger partial charge in [-0.15, -0.1) is 0 Å². The van der Waals surface area contributed by atoms with E-state index in [1.165, 1.54) is 0 Å². The van der Waals surface area contributed by atoms with Gasteiger partial charge < -0.3 is 9.26 Å². The highest BCUT2D eigenvalue weighted by Crippen LogP contribution is 2.19. The summed E-state index contributed by atoms with van der Waals surface area (Å²) in [5.74, 6) is 1.56. The first kappa shape index (κ1) is 11.9. The van der Waals surface area contributed by atoms with Crippen molar-refractivity contribution in [3.05, 3.63) is 46.6 Å². The zero-order chi connectivity index (χ0) is 13.1. The van der Waals surface area contributed by atoms with Crippen LogP contribution in [-0.2, 0) is 6.61 Å². The number of rotatable bonds is 4. The van der Waals surface area contributed by atoms with Crippen LogP contribution in [0.3, 0.4) is 0 Å². The van der Waals surface area contributed by atoms with Gasteiger partial charge in [0.25, 0.3) is 5.89 Å². The number of ether oxygens (including phenoxy) is 1. The fourth-order valence-electron chi connectivity index (χ4n) is 1.50. The lowest BCUT2D eigenvalue weighted by Crippen LogP contribution is -1.97. The quantitative estimate of drug-likeness (QED) is 0.731. The number of thiophene rings is 1. The second-order valence-electron chi connectivity index (χ2n) is 3.99. The van der Waals surface area contributed by atoms with E-state index in [0.717, 1.165) is 11.1 Å². The van der Waals surface area contributed by atoms with Gasteiger partial charge in [-0.25, -0.2) is 4.98 Å². The molecule has 3 rings (SSSR count). The third-order valence-electron chi connectivity index (χ3n) is 2.48. The van der Waals surface area contributed by atoms with E-state index in [2.05, 4.69) is 15.1 Å². The van der Waals surface area contributed by atoms with Crippen molar-refractivity contribution in [1.82, 2.24) is 15.1 Å². The third kappa shape index (κ3) is 2.79. The minimum Gasteiger partial charge on any atom is -0.468 e. The highest BCUT2D eigenvalue weighted by molar-refractivity contribution is 7.08. The smallest absolute Gasteiger partial charge is 0.264 e. The molecule has 19 heavy (non-hydrogen) atoms. The minimum absolute atomic E-state index is 0.215. The number of aromatic nitrogens is 3. The first-order chi connectivity index (χ1) is 9.31. The molecule has 96 valence electrons. The molecule has 0 N–H and O–H groups in total.